The summed E-state index contributed by atoms with van der Waals surface area (Å²) in [7, 11) is 1.73. The van der Waals surface area contributed by atoms with E-state index in [0.29, 0.717) is 22.7 Å². The van der Waals surface area contributed by atoms with Crippen LogP contribution in [0.4, 0.5) is 19.0 Å². The fraction of sp³-hybridized carbons (Fsp3) is 0.0500. The quantitative estimate of drug-likeness (QED) is 0.528. The highest BCUT2D eigenvalue weighted by atomic mass is 19.2. The van der Waals surface area contributed by atoms with E-state index in [1.54, 1.807) is 43.7 Å². The summed E-state index contributed by atoms with van der Waals surface area (Å²) in [5.74, 6) is -2.92. The Morgan fingerprint density at radius 3 is 2.48 bits per heavy atom. The second-order valence-corrected chi connectivity index (χ2v) is 5.84. The number of fused-ring (bicyclic) bond motifs is 1. The lowest BCUT2D eigenvalue weighted by molar-refractivity contribution is 0.449. The van der Waals surface area contributed by atoms with Crippen molar-refractivity contribution in [3.05, 3.63) is 72.3 Å². The van der Waals surface area contributed by atoms with Crippen LogP contribution in [0.3, 0.4) is 0 Å². The fourth-order valence-corrected chi connectivity index (χ4v) is 2.86. The van der Waals surface area contributed by atoms with Gasteiger partial charge in [0.25, 0.3) is 0 Å². The van der Waals surface area contributed by atoms with Crippen LogP contribution in [0.25, 0.3) is 33.4 Å². The molecule has 0 aliphatic carbocycles. The van der Waals surface area contributed by atoms with Gasteiger partial charge in [0, 0.05) is 36.0 Å². The van der Waals surface area contributed by atoms with Crippen LogP contribution in [-0.4, -0.2) is 22.0 Å². The predicted octanol–water partition coefficient (Wildman–Crippen LogP) is 4.82. The van der Waals surface area contributed by atoms with Gasteiger partial charge in [-0.15, -0.1) is 0 Å². The first-order chi connectivity index (χ1) is 13.1. The van der Waals surface area contributed by atoms with Gasteiger partial charge in [0.15, 0.2) is 23.3 Å². The lowest BCUT2D eigenvalue weighted by Gasteiger charge is -2.10. The minimum atomic E-state index is -1.50. The highest BCUT2D eigenvalue weighted by Crippen LogP contribution is 2.31. The minimum Gasteiger partial charge on any atom is -0.373 e. The Labute approximate surface area is 152 Å². The smallest absolute Gasteiger partial charge is 0.195 e. The Balaban J connectivity index is 1.93. The number of halogens is 3. The van der Waals surface area contributed by atoms with Gasteiger partial charge in [-0.05, 0) is 42.0 Å². The van der Waals surface area contributed by atoms with E-state index in [2.05, 4.69) is 20.3 Å². The maximum atomic E-state index is 14.2. The van der Waals surface area contributed by atoms with E-state index < -0.39 is 17.5 Å². The van der Waals surface area contributed by atoms with Crippen LogP contribution in [0.2, 0.25) is 0 Å². The third-order valence-electron chi connectivity index (χ3n) is 4.20. The number of anilines is 1. The molecule has 2 aromatic carbocycles. The highest BCUT2D eigenvalue weighted by molar-refractivity contribution is 5.93. The van der Waals surface area contributed by atoms with Crippen molar-refractivity contribution in [3.8, 4) is 22.5 Å². The molecule has 0 fully saturated rings. The van der Waals surface area contributed by atoms with E-state index in [4.69, 9.17) is 0 Å². The number of nitrogens with one attached hydrogen (secondary N) is 1. The lowest BCUT2D eigenvalue weighted by atomic mass is 10.0. The third kappa shape index (κ3) is 2.97. The van der Waals surface area contributed by atoms with Crippen LogP contribution in [-0.2, 0) is 0 Å². The first kappa shape index (κ1) is 17.0. The van der Waals surface area contributed by atoms with Crippen LogP contribution in [0.5, 0.6) is 0 Å². The first-order valence-corrected chi connectivity index (χ1v) is 8.12. The maximum Gasteiger partial charge on any atom is 0.195 e. The van der Waals surface area contributed by atoms with Crippen LogP contribution in [0.15, 0.2) is 54.9 Å². The average molecular weight is 366 g/mol. The molecule has 4 aromatic rings. The zero-order valence-electron chi connectivity index (χ0n) is 14.2. The molecule has 0 amide bonds. The maximum absolute atomic E-state index is 14.2. The molecule has 0 spiro atoms. The molecule has 0 radical (unpaired) electrons. The summed E-state index contributed by atoms with van der Waals surface area (Å²) in [5, 5.41) is 3.73. The van der Waals surface area contributed by atoms with E-state index in [-0.39, 0.29) is 5.56 Å². The molecule has 27 heavy (non-hydrogen) atoms. The molecule has 2 aromatic heterocycles. The summed E-state index contributed by atoms with van der Waals surface area (Å²) in [6.45, 7) is 0. The van der Waals surface area contributed by atoms with Crippen LogP contribution in [0, 0.1) is 17.5 Å². The Kier molecular flexibility index (Phi) is 4.19. The Hall–Kier alpha value is -3.48. The highest BCUT2D eigenvalue weighted by Gasteiger charge is 2.16. The van der Waals surface area contributed by atoms with Gasteiger partial charge in [0.05, 0.1) is 5.52 Å². The van der Waals surface area contributed by atoms with Crippen molar-refractivity contribution in [3.63, 3.8) is 0 Å². The monoisotopic (exact) mass is 366 g/mol. The summed E-state index contributed by atoms with van der Waals surface area (Å²) in [4.78, 5) is 13.1. The van der Waals surface area contributed by atoms with E-state index in [1.165, 1.54) is 6.07 Å². The Morgan fingerprint density at radius 2 is 1.74 bits per heavy atom. The molecular formula is C20H13F3N4. The largest absolute Gasteiger partial charge is 0.373 e. The van der Waals surface area contributed by atoms with Crippen molar-refractivity contribution in [2.75, 3.05) is 12.4 Å². The van der Waals surface area contributed by atoms with Crippen molar-refractivity contribution >= 4 is 16.7 Å². The van der Waals surface area contributed by atoms with E-state index in [9.17, 15) is 13.2 Å². The van der Waals surface area contributed by atoms with Crippen LogP contribution in [0.1, 0.15) is 0 Å². The van der Waals surface area contributed by atoms with Crippen molar-refractivity contribution in [1.82, 2.24) is 15.0 Å². The molecule has 0 saturated heterocycles. The van der Waals surface area contributed by atoms with Gasteiger partial charge >= 0.3 is 0 Å². The molecule has 7 heteroatoms. The predicted molar refractivity (Wildman–Crippen MR) is 97.6 cm³/mol. The van der Waals surface area contributed by atoms with Crippen LogP contribution >= 0.6 is 0 Å². The van der Waals surface area contributed by atoms with Crippen LogP contribution < -0.4 is 5.32 Å². The summed E-state index contributed by atoms with van der Waals surface area (Å²) >= 11 is 0. The van der Waals surface area contributed by atoms with Crippen molar-refractivity contribution in [2.24, 2.45) is 0 Å². The van der Waals surface area contributed by atoms with E-state index in [1.807, 2.05) is 6.07 Å². The number of pyridine rings is 1. The number of hydrogen-bond acceptors (Lipinski definition) is 4. The molecule has 0 aliphatic heterocycles. The molecule has 0 unspecified atom stereocenters. The number of nitrogens with zero attached hydrogens (tertiary/aromatic N) is 3. The van der Waals surface area contributed by atoms with Gasteiger partial charge < -0.3 is 5.32 Å². The van der Waals surface area contributed by atoms with Gasteiger partial charge in [-0.3, -0.25) is 4.98 Å². The summed E-state index contributed by atoms with van der Waals surface area (Å²) in [6, 6.07) is 10.7. The van der Waals surface area contributed by atoms with Gasteiger partial charge in [0.1, 0.15) is 5.82 Å². The molecule has 0 saturated carbocycles. The minimum absolute atomic E-state index is 0.0386. The van der Waals surface area contributed by atoms with Crippen molar-refractivity contribution in [2.45, 2.75) is 0 Å². The topological polar surface area (TPSA) is 50.7 Å². The number of rotatable bonds is 3. The molecule has 0 aliphatic rings. The lowest BCUT2D eigenvalue weighted by Crippen LogP contribution is -1.99. The molecule has 0 bridgehead atoms. The second-order valence-electron chi connectivity index (χ2n) is 5.84. The van der Waals surface area contributed by atoms with Crippen molar-refractivity contribution in [1.29, 1.82) is 0 Å². The SMILES string of the molecule is CNc1nc(-c2cccnc2)nc2cc(-c3ccc(F)c(F)c3F)ccc12. The standard InChI is InChI=1S/C20H13F3N4/c1-24-20-14-5-4-11(13-6-7-15(21)18(23)17(13)22)9-16(14)26-19(27-20)12-3-2-8-25-10-12/h2-10H,1H3,(H,24,26,27). The fourth-order valence-electron chi connectivity index (χ4n) is 2.86. The normalized spacial score (nSPS) is 11.0. The molecule has 4 nitrogen and oxygen atoms in total. The summed E-state index contributed by atoms with van der Waals surface area (Å²) in [5.41, 5.74) is 1.61. The zero-order valence-corrected chi connectivity index (χ0v) is 14.2. The molecule has 1 N–H and O–H groups in total. The van der Waals surface area contributed by atoms with Gasteiger partial charge in [-0.1, -0.05) is 6.07 Å². The summed E-state index contributed by atoms with van der Waals surface area (Å²) < 4.78 is 41.0. The average Bonchev–Trinajstić information content (AvgIpc) is 2.71. The number of hydrogen-bond donors (Lipinski definition) is 1. The Morgan fingerprint density at radius 1 is 0.889 bits per heavy atom. The van der Waals surface area contributed by atoms with Gasteiger partial charge in [-0.2, -0.15) is 0 Å². The van der Waals surface area contributed by atoms with E-state index in [0.717, 1.165) is 17.0 Å². The van der Waals surface area contributed by atoms with Gasteiger partial charge in [-0.25, -0.2) is 23.1 Å². The first-order valence-electron chi connectivity index (χ1n) is 8.12. The molecule has 2 heterocycles. The zero-order chi connectivity index (χ0) is 19.0. The molecule has 134 valence electrons. The molecular weight excluding hydrogens is 353 g/mol. The van der Waals surface area contributed by atoms with E-state index >= 15 is 0 Å². The second kappa shape index (κ2) is 6.68. The van der Waals surface area contributed by atoms with Gasteiger partial charge in [0.2, 0.25) is 0 Å². The number of benzene rings is 2. The molecule has 0 atom stereocenters. The van der Waals surface area contributed by atoms with Crippen molar-refractivity contribution < 1.29 is 13.2 Å². The Bertz CT molecular complexity index is 1150. The summed E-state index contributed by atoms with van der Waals surface area (Å²) in [6.07, 6.45) is 3.28. The number of aromatic nitrogens is 3. The molecule has 4 rings (SSSR count). The third-order valence-corrected chi connectivity index (χ3v) is 4.20.